The molecule has 2 N–H and O–H groups in total. The van der Waals surface area contributed by atoms with Crippen molar-refractivity contribution < 1.29 is 0 Å². The first kappa shape index (κ1) is 10.1. The van der Waals surface area contributed by atoms with Crippen LogP contribution in [-0.2, 0) is 7.05 Å². The van der Waals surface area contributed by atoms with E-state index in [0.29, 0.717) is 10.6 Å². The van der Waals surface area contributed by atoms with Gasteiger partial charge in [0.25, 0.3) is 5.56 Å². The van der Waals surface area contributed by atoms with Gasteiger partial charge in [-0.1, -0.05) is 18.2 Å². The number of aryl methyl sites for hydroxylation is 1. The molecule has 0 saturated heterocycles. The fourth-order valence-electron chi connectivity index (χ4n) is 1.69. The predicted molar refractivity (Wildman–Crippen MR) is 65.4 cm³/mol. The van der Waals surface area contributed by atoms with Crippen LogP contribution in [0.15, 0.2) is 34.0 Å². The molecule has 0 aliphatic heterocycles. The van der Waals surface area contributed by atoms with Gasteiger partial charge < -0.3 is 10.3 Å². The lowest BCUT2D eigenvalue weighted by Crippen LogP contribution is -2.20. The Labute approximate surface area is 91.9 Å². The number of para-hydroxylation sites is 1. The van der Waals surface area contributed by atoms with Crippen molar-refractivity contribution in [2.45, 2.75) is 4.90 Å². The van der Waals surface area contributed by atoms with Crippen molar-refractivity contribution in [3.63, 3.8) is 0 Å². The van der Waals surface area contributed by atoms with Gasteiger partial charge in [0, 0.05) is 12.4 Å². The topological polar surface area (TPSA) is 48.0 Å². The van der Waals surface area contributed by atoms with E-state index in [1.54, 1.807) is 11.6 Å². The van der Waals surface area contributed by atoms with Gasteiger partial charge in [0.1, 0.15) is 0 Å². The highest BCUT2D eigenvalue weighted by Crippen LogP contribution is 2.26. The van der Waals surface area contributed by atoms with Gasteiger partial charge in [-0.3, -0.25) is 4.79 Å². The quantitative estimate of drug-likeness (QED) is 0.746. The SMILES string of the molecule is CSc1c(N)c2ccccc2n(C)c1=O. The van der Waals surface area contributed by atoms with Crippen LogP contribution in [0.3, 0.4) is 0 Å². The second-order valence-corrected chi connectivity index (χ2v) is 4.14. The fraction of sp³-hybridized carbons (Fsp3) is 0.182. The van der Waals surface area contributed by atoms with Crippen LogP contribution in [0.1, 0.15) is 0 Å². The van der Waals surface area contributed by atoms with Gasteiger partial charge >= 0.3 is 0 Å². The average molecular weight is 220 g/mol. The zero-order valence-electron chi connectivity index (χ0n) is 8.65. The summed E-state index contributed by atoms with van der Waals surface area (Å²) < 4.78 is 1.64. The molecule has 0 unspecified atom stereocenters. The molecule has 0 aliphatic carbocycles. The maximum absolute atomic E-state index is 11.9. The van der Waals surface area contributed by atoms with Crippen LogP contribution in [0.4, 0.5) is 5.69 Å². The van der Waals surface area contributed by atoms with Crippen molar-refractivity contribution in [2.24, 2.45) is 7.05 Å². The molecule has 4 heteroatoms. The van der Waals surface area contributed by atoms with Crippen LogP contribution in [-0.4, -0.2) is 10.8 Å². The standard InChI is InChI=1S/C11H12N2OS/c1-13-8-6-4-3-5-7(8)9(12)10(15-2)11(13)14/h3-6H,12H2,1-2H3. The lowest BCUT2D eigenvalue weighted by Gasteiger charge is -2.10. The van der Waals surface area contributed by atoms with Crippen molar-refractivity contribution in [1.82, 2.24) is 4.57 Å². The van der Waals surface area contributed by atoms with Crippen LogP contribution < -0.4 is 11.3 Å². The van der Waals surface area contributed by atoms with E-state index >= 15 is 0 Å². The number of benzene rings is 1. The zero-order valence-corrected chi connectivity index (χ0v) is 9.47. The first-order valence-electron chi connectivity index (χ1n) is 4.58. The first-order valence-corrected chi connectivity index (χ1v) is 5.80. The Hall–Kier alpha value is -1.42. The number of aromatic nitrogens is 1. The molecule has 3 nitrogen and oxygen atoms in total. The molecule has 0 fully saturated rings. The molecule has 2 rings (SSSR count). The smallest absolute Gasteiger partial charge is 0.266 e. The van der Waals surface area contributed by atoms with E-state index in [9.17, 15) is 4.79 Å². The molecule has 0 bridgehead atoms. The van der Waals surface area contributed by atoms with Gasteiger partial charge in [-0.2, -0.15) is 0 Å². The van der Waals surface area contributed by atoms with E-state index < -0.39 is 0 Å². The van der Waals surface area contributed by atoms with Crippen LogP contribution >= 0.6 is 11.8 Å². The fourth-order valence-corrected chi connectivity index (χ4v) is 2.33. The second-order valence-electron chi connectivity index (χ2n) is 3.33. The van der Waals surface area contributed by atoms with E-state index in [1.807, 2.05) is 30.5 Å². The Balaban J connectivity index is 3.03. The number of anilines is 1. The summed E-state index contributed by atoms with van der Waals surface area (Å²) in [5.41, 5.74) is 7.39. The third kappa shape index (κ3) is 1.41. The Morgan fingerprint density at radius 2 is 2.00 bits per heavy atom. The number of rotatable bonds is 1. The van der Waals surface area contributed by atoms with Gasteiger partial charge in [-0.25, -0.2) is 0 Å². The molecule has 78 valence electrons. The third-order valence-corrected chi connectivity index (χ3v) is 3.31. The van der Waals surface area contributed by atoms with E-state index in [0.717, 1.165) is 10.9 Å². The number of nitrogen functional groups attached to an aromatic ring is 1. The number of hydrogen-bond acceptors (Lipinski definition) is 3. The lowest BCUT2D eigenvalue weighted by atomic mass is 10.2. The summed E-state index contributed by atoms with van der Waals surface area (Å²) >= 11 is 1.39. The number of nitrogens with two attached hydrogens (primary N) is 1. The summed E-state index contributed by atoms with van der Waals surface area (Å²) in [5, 5.41) is 0.934. The van der Waals surface area contributed by atoms with Crippen LogP contribution in [0.25, 0.3) is 10.9 Å². The highest BCUT2D eigenvalue weighted by Gasteiger charge is 2.10. The van der Waals surface area contributed by atoms with E-state index in [1.165, 1.54) is 11.8 Å². The highest BCUT2D eigenvalue weighted by molar-refractivity contribution is 7.98. The minimum atomic E-state index is -0.0290. The summed E-state index contributed by atoms with van der Waals surface area (Å²) in [6.07, 6.45) is 1.86. The Morgan fingerprint density at radius 1 is 1.33 bits per heavy atom. The first-order chi connectivity index (χ1) is 7.16. The third-order valence-electron chi connectivity index (χ3n) is 2.50. The number of pyridine rings is 1. The lowest BCUT2D eigenvalue weighted by molar-refractivity contribution is 0.879. The molecule has 0 atom stereocenters. The molecule has 0 saturated carbocycles. The molecule has 2 aromatic rings. The summed E-state index contributed by atoms with van der Waals surface area (Å²) in [4.78, 5) is 12.5. The van der Waals surface area contributed by atoms with Gasteiger partial charge in [0.2, 0.25) is 0 Å². The van der Waals surface area contributed by atoms with Gasteiger partial charge in [0.05, 0.1) is 16.1 Å². The largest absolute Gasteiger partial charge is 0.397 e. The van der Waals surface area contributed by atoms with Gasteiger partial charge in [0.15, 0.2) is 0 Å². The summed E-state index contributed by atoms with van der Waals surface area (Å²) in [6, 6.07) is 7.66. The summed E-state index contributed by atoms with van der Waals surface area (Å²) in [6.45, 7) is 0. The second kappa shape index (κ2) is 3.62. The Morgan fingerprint density at radius 3 is 2.67 bits per heavy atom. The summed E-state index contributed by atoms with van der Waals surface area (Å²) in [7, 11) is 1.77. The minimum Gasteiger partial charge on any atom is -0.397 e. The molecule has 1 aromatic heterocycles. The monoisotopic (exact) mass is 220 g/mol. The zero-order chi connectivity index (χ0) is 11.0. The van der Waals surface area contributed by atoms with E-state index in [4.69, 9.17) is 5.73 Å². The molecule has 15 heavy (non-hydrogen) atoms. The van der Waals surface area contributed by atoms with Crippen molar-refractivity contribution in [3.8, 4) is 0 Å². The Kier molecular flexibility index (Phi) is 2.44. The Bertz CT molecular complexity index is 575. The molecule has 1 aromatic carbocycles. The average Bonchev–Trinajstić information content (AvgIpc) is 2.27. The van der Waals surface area contributed by atoms with Crippen LogP contribution in [0.2, 0.25) is 0 Å². The molecular formula is C11H12N2OS. The van der Waals surface area contributed by atoms with Gasteiger partial charge in [-0.05, 0) is 12.3 Å². The molecule has 0 spiro atoms. The van der Waals surface area contributed by atoms with E-state index in [-0.39, 0.29) is 5.56 Å². The van der Waals surface area contributed by atoms with Crippen LogP contribution in [0.5, 0.6) is 0 Å². The molecule has 0 aliphatic rings. The van der Waals surface area contributed by atoms with Crippen molar-refractivity contribution >= 4 is 28.4 Å². The summed E-state index contributed by atoms with van der Waals surface area (Å²) in [5.74, 6) is 0. The maximum atomic E-state index is 11.9. The molecule has 0 amide bonds. The number of nitrogens with zero attached hydrogens (tertiary/aromatic N) is 1. The molecule has 1 heterocycles. The number of thioether (sulfide) groups is 1. The number of fused-ring (bicyclic) bond motifs is 1. The van der Waals surface area contributed by atoms with Crippen molar-refractivity contribution in [1.29, 1.82) is 0 Å². The number of hydrogen-bond donors (Lipinski definition) is 1. The maximum Gasteiger partial charge on any atom is 0.266 e. The molecule has 0 radical (unpaired) electrons. The molecular weight excluding hydrogens is 208 g/mol. The highest BCUT2D eigenvalue weighted by atomic mass is 32.2. The van der Waals surface area contributed by atoms with Gasteiger partial charge in [-0.15, -0.1) is 11.8 Å². The van der Waals surface area contributed by atoms with E-state index in [2.05, 4.69) is 0 Å². The minimum absolute atomic E-state index is 0.0290. The van der Waals surface area contributed by atoms with Crippen molar-refractivity contribution in [3.05, 3.63) is 34.6 Å². The van der Waals surface area contributed by atoms with Crippen molar-refractivity contribution in [2.75, 3.05) is 12.0 Å². The van der Waals surface area contributed by atoms with Crippen LogP contribution in [0, 0.1) is 0 Å². The predicted octanol–water partition coefficient (Wildman–Crippen LogP) is 1.84. The normalized spacial score (nSPS) is 10.8.